The van der Waals surface area contributed by atoms with Gasteiger partial charge < -0.3 is 4.74 Å². The Balaban J connectivity index is 2.04. The third-order valence-corrected chi connectivity index (χ3v) is 3.87. The minimum Gasteiger partial charge on any atom is -0.449 e. The molecular weight excluding hydrogens is 310 g/mol. The van der Waals surface area contributed by atoms with Crippen molar-refractivity contribution in [1.29, 1.82) is 0 Å². The van der Waals surface area contributed by atoms with Crippen LogP contribution in [0.25, 0.3) is 0 Å². The zero-order valence-electron chi connectivity index (χ0n) is 12.8. The first-order chi connectivity index (χ1) is 10.4. The van der Waals surface area contributed by atoms with Crippen molar-refractivity contribution in [2.24, 2.45) is 5.92 Å². The van der Waals surface area contributed by atoms with Gasteiger partial charge in [0.15, 0.2) is 0 Å². The fourth-order valence-electron chi connectivity index (χ4n) is 2.22. The Morgan fingerprint density at radius 1 is 1.45 bits per heavy atom. The minimum absolute atomic E-state index is 0.0108. The van der Waals surface area contributed by atoms with Crippen LogP contribution in [0.1, 0.15) is 19.8 Å². The number of nitrogens with zero attached hydrogens (tertiary/aromatic N) is 3. The van der Waals surface area contributed by atoms with Crippen LogP contribution in [0.2, 0.25) is 0 Å². The van der Waals surface area contributed by atoms with Crippen molar-refractivity contribution in [3.63, 3.8) is 0 Å². The van der Waals surface area contributed by atoms with Crippen LogP contribution < -0.4 is 4.90 Å². The summed E-state index contributed by atoms with van der Waals surface area (Å²) in [6, 6.07) is 1.73. The van der Waals surface area contributed by atoms with E-state index in [4.69, 9.17) is 8.92 Å². The largest absolute Gasteiger partial charge is 0.449 e. The molecule has 0 radical (unpaired) electrons. The Kier molecular flexibility index (Phi) is 5.41. The average Bonchev–Trinajstić information content (AvgIpc) is 2.91. The van der Waals surface area contributed by atoms with E-state index in [1.54, 1.807) is 16.9 Å². The average molecular weight is 331 g/mol. The predicted molar refractivity (Wildman–Crippen MR) is 80.1 cm³/mol. The molecule has 0 bridgehead atoms. The molecule has 2 rings (SSSR count). The van der Waals surface area contributed by atoms with E-state index in [9.17, 15) is 13.2 Å². The fourth-order valence-corrected chi connectivity index (χ4v) is 2.66. The second kappa shape index (κ2) is 7.10. The van der Waals surface area contributed by atoms with Crippen LogP contribution in [0.3, 0.4) is 0 Å². The lowest BCUT2D eigenvalue weighted by atomic mass is 10.1. The smallest absolute Gasteiger partial charge is 0.415 e. The van der Waals surface area contributed by atoms with Crippen molar-refractivity contribution in [2.75, 3.05) is 30.9 Å². The van der Waals surface area contributed by atoms with Gasteiger partial charge in [0, 0.05) is 25.1 Å². The highest BCUT2D eigenvalue weighted by atomic mass is 32.2. The Bertz CT molecular complexity index is 613. The van der Waals surface area contributed by atoms with Crippen LogP contribution in [0.15, 0.2) is 12.3 Å². The van der Waals surface area contributed by atoms with Crippen molar-refractivity contribution >= 4 is 22.0 Å². The summed E-state index contributed by atoms with van der Waals surface area (Å²) in [5.74, 6) is 0.484. The Labute approximate surface area is 130 Å². The zero-order chi connectivity index (χ0) is 16.2. The molecular formula is C13H21N3O5S. The molecule has 8 nitrogen and oxygen atoms in total. The third-order valence-electron chi connectivity index (χ3n) is 3.30. The van der Waals surface area contributed by atoms with E-state index in [1.807, 2.05) is 6.92 Å². The number of ether oxygens (including phenoxy) is 1. The lowest BCUT2D eigenvalue weighted by Gasteiger charge is -2.32. The van der Waals surface area contributed by atoms with Gasteiger partial charge in [-0.25, -0.2) is 9.48 Å². The molecule has 0 N–H and O–H groups in total. The summed E-state index contributed by atoms with van der Waals surface area (Å²) < 4.78 is 33.9. The van der Waals surface area contributed by atoms with Crippen molar-refractivity contribution in [1.82, 2.24) is 9.78 Å². The molecule has 1 amide bonds. The highest BCUT2D eigenvalue weighted by Gasteiger charge is 2.30. The van der Waals surface area contributed by atoms with Crippen molar-refractivity contribution in [3.05, 3.63) is 12.3 Å². The van der Waals surface area contributed by atoms with Gasteiger partial charge in [-0.2, -0.15) is 13.5 Å². The first-order valence-electron chi connectivity index (χ1n) is 7.21. The van der Waals surface area contributed by atoms with Gasteiger partial charge in [-0.15, -0.1) is 0 Å². The second-order valence-electron chi connectivity index (χ2n) is 5.30. The maximum atomic E-state index is 12.2. The Morgan fingerprint density at radius 3 is 2.91 bits per heavy atom. The summed E-state index contributed by atoms with van der Waals surface area (Å²) >= 11 is 0. The summed E-state index contributed by atoms with van der Waals surface area (Å²) in [4.78, 5) is 13.7. The topological polar surface area (TPSA) is 90.7 Å². The van der Waals surface area contributed by atoms with E-state index in [0.717, 1.165) is 19.1 Å². The standard InChI is InChI=1S/C13H21N3O5S/c1-3-4-7-20-13(17)15-8-11(10-21-22(2,18)19)9-16-12(15)5-6-14-16/h5-6,11H,3-4,7-10H2,1-2H3. The summed E-state index contributed by atoms with van der Waals surface area (Å²) in [5, 5.41) is 4.14. The number of unbranched alkanes of at least 4 members (excludes halogenated alkanes) is 1. The summed E-state index contributed by atoms with van der Waals surface area (Å²) in [5.41, 5.74) is 0. The quantitative estimate of drug-likeness (QED) is 0.575. The molecule has 1 aromatic rings. The molecule has 0 saturated heterocycles. The molecule has 0 aliphatic carbocycles. The molecule has 0 spiro atoms. The first kappa shape index (κ1) is 16.8. The number of carbonyl (C=O) groups excluding carboxylic acids is 1. The number of anilines is 1. The number of hydrogen-bond acceptors (Lipinski definition) is 6. The van der Waals surface area contributed by atoms with E-state index in [0.29, 0.717) is 25.5 Å². The number of hydrogen-bond donors (Lipinski definition) is 0. The van der Waals surface area contributed by atoms with E-state index in [-0.39, 0.29) is 12.5 Å². The van der Waals surface area contributed by atoms with Gasteiger partial charge in [0.2, 0.25) is 0 Å². The van der Waals surface area contributed by atoms with E-state index in [1.165, 1.54) is 4.90 Å². The summed E-state index contributed by atoms with van der Waals surface area (Å²) in [6.07, 6.45) is 3.90. The van der Waals surface area contributed by atoms with E-state index < -0.39 is 16.2 Å². The molecule has 9 heteroatoms. The minimum atomic E-state index is -3.51. The lowest BCUT2D eigenvalue weighted by molar-refractivity contribution is 0.145. The third kappa shape index (κ3) is 4.44. The van der Waals surface area contributed by atoms with Crippen LogP contribution >= 0.6 is 0 Å². The van der Waals surface area contributed by atoms with Crippen LogP contribution in [0.5, 0.6) is 0 Å². The molecule has 1 aliphatic heterocycles. The Hall–Kier alpha value is -1.61. The monoisotopic (exact) mass is 331 g/mol. The van der Waals surface area contributed by atoms with Gasteiger partial charge in [-0.05, 0) is 6.42 Å². The van der Waals surface area contributed by atoms with Crippen LogP contribution in [-0.4, -0.2) is 50.3 Å². The van der Waals surface area contributed by atoms with Gasteiger partial charge in [-0.3, -0.25) is 9.08 Å². The van der Waals surface area contributed by atoms with Crippen LogP contribution in [0.4, 0.5) is 10.6 Å². The van der Waals surface area contributed by atoms with Crippen molar-refractivity contribution in [2.45, 2.75) is 26.3 Å². The molecule has 0 aromatic carbocycles. The summed E-state index contributed by atoms with van der Waals surface area (Å²) in [6.45, 7) is 3.23. The molecule has 1 unspecified atom stereocenters. The van der Waals surface area contributed by atoms with E-state index >= 15 is 0 Å². The van der Waals surface area contributed by atoms with Gasteiger partial charge in [0.25, 0.3) is 10.1 Å². The van der Waals surface area contributed by atoms with Crippen molar-refractivity contribution < 1.29 is 22.1 Å². The summed E-state index contributed by atoms with van der Waals surface area (Å²) in [7, 11) is -3.51. The second-order valence-corrected chi connectivity index (χ2v) is 6.95. The van der Waals surface area contributed by atoms with Crippen molar-refractivity contribution in [3.8, 4) is 0 Å². The Morgan fingerprint density at radius 2 is 2.23 bits per heavy atom. The molecule has 0 fully saturated rings. The first-order valence-corrected chi connectivity index (χ1v) is 9.03. The van der Waals surface area contributed by atoms with E-state index in [2.05, 4.69) is 5.10 Å². The number of carbonyl (C=O) groups is 1. The van der Waals surface area contributed by atoms with Crippen LogP contribution in [0, 0.1) is 5.92 Å². The van der Waals surface area contributed by atoms with Gasteiger partial charge in [0.1, 0.15) is 5.82 Å². The molecule has 1 atom stereocenters. The molecule has 2 heterocycles. The molecule has 0 saturated carbocycles. The molecule has 124 valence electrons. The number of fused-ring (bicyclic) bond motifs is 1. The number of amides is 1. The van der Waals surface area contributed by atoms with Gasteiger partial charge in [0.05, 0.1) is 25.7 Å². The van der Waals surface area contributed by atoms with Gasteiger partial charge >= 0.3 is 6.09 Å². The SMILES string of the molecule is CCCCOC(=O)N1CC(COS(C)(=O)=O)Cn2nccc21. The zero-order valence-corrected chi connectivity index (χ0v) is 13.6. The number of aromatic nitrogens is 2. The highest BCUT2D eigenvalue weighted by Crippen LogP contribution is 2.24. The maximum Gasteiger partial charge on any atom is 0.415 e. The van der Waals surface area contributed by atoms with Gasteiger partial charge in [-0.1, -0.05) is 13.3 Å². The number of rotatable bonds is 6. The van der Waals surface area contributed by atoms with Crippen LogP contribution in [-0.2, 0) is 25.6 Å². The highest BCUT2D eigenvalue weighted by molar-refractivity contribution is 7.85. The lowest BCUT2D eigenvalue weighted by Crippen LogP contribution is -2.44. The normalized spacial score (nSPS) is 18.1. The molecule has 22 heavy (non-hydrogen) atoms. The molecule has 1 aromatic heterocycles. The maximum absolute atomic E-state index is 12.2. The fraction of sp³-hybridized carbons (Fsp3) is 0.692. The molecule has 1 aliphatic rings. The predicted octanol–water partition coefficient (Wildman–Crippen LogP) is 1.23.